The second-order valence-electron chi connectivity index (χ2n) is 7.13. The van der Waals surface area contributed by atoms with Crippen LogP contribution in [0.4, 0.5) is 0 Å². The summed E-state index contributed by atoms with van der Waals surface area (Å²) in [6, 6.07) is 8.64. The molecule has 0 bridgehead atoms. The lowest BCUT2D eigenvalue weighted by molar-refractivity contribution is 0.100. The summed E-state index contributed by atoms with van der Waals surface area (Å²) in [7, 11) is 0. The number of nitrogens with one attached hydrogen (secondary N) is 2. The number of Topliss-reactive ketones (excluding diaryl/α,β-unsaturated/α-hetero) is 1. The molecule has 1 atom stereocenters. The third-order valence-corrected chi connectivity index (χ3v) is 6.44. The fourth-order valence-electron chi connectivity index (χ4n) is 3.00. The number of benzene rings is 1. The average molecular weight is 445 g/mol. The van der Waals surface area contributed by atoms with Gasteiger partial charge in [-0.15, -0.1) is 11.8 Å². The van der Waals surface area contributed by atoms with Crippen molar-refractivity contribution in [3.8, 4) is 12.5 Å². The zero-order chi connectivity index (χ0) is 22.5. The van der Waals surface area contributed by atoms with Crippen LogP contribution >= 0.6 is 23.1 Å². The Hall–Kier alpha value is -2.07. The van der Waals surface area contributed by atoms with Crippen molar-refractivity contribution in [2.24, 2.45) is 0 Å². The van der Waals surface area contributed by atoms with E-state index in [0.29, 0.717) is 12.0 Å². The van der Waals surface area contributed by atoms with Crippen molar-refractivity contribution in [1.82, 2.24) is 5.32 Å². The van der Waals surface area contributed by atoms with Crippen molar-refractivity contribution in [1.29, 1.82) is 5.41 Å². The third kappa shape index (κ3) is 7.98. The fraction of sp³-hybridized carbons (Fsp3) is 0.417. The van der Waals surface area contributed by atoms with Gasteiger partial charge in [-0.1, -0.05) is 20.3 Å². The first kappa shape index (κ1) is 26.0. The van der Waals surface area contributed by atoms with E-state index in [2.05, 4.69) is 31.3 Å². The molecule has 0 saturated carbocycles. The SMILES string of the molecule is C#CNC(C)C.CCc1c(C(=O)CC=N)ccc2c1C(C)CS2.OCc1ccsc1. The maximum atomic E-state index is 12.0. The van der Waals surface area contributed by atoms with Gasteiger partial charge in [0.2, 0.25) is 0 Å². The molecule has 3 N–H and O–H groups in total. The van der Waals surface area contributed by atoms with Gasteiger partial charge in [0, 0.05) is 40.9 Å². The number of aliphatic hydroxyl groups is 1. The van der Waals surface area contributed by atoms with E-state index in [1.165, 1.54) is 22.2 Å². The number of carbonyl (C=O) groups excluding carboxylic acids is 1. The van der Waals surface area contributed by atoms with Crippen LogP contribution in [0.25, 0.3) is 0 Å². The van der Waals surface area contributed by atoms with Crippen LogP contribution < -0.4 is 5.32 Å². The van der Waals surface area contributed by atoms with Gasteiger partial charge in [-0.25, -0.2) is 0 Å². The topological polar surface area (TPSA) is 73.2 Å². The Labute approximate surface area is 189 Å². The van der Waals surface area contributed by atoms with Crippen LogP contribution in [0.15, 0.2) is 33.9 Å². The van der Waals surface area contributed by atoms with E-state index in [1.54, 1.807) is 11.3 Å². The highest BCUT2D eigenvalue weighted by molar-refractivity contribution is 7.99. The van der Waals surface area contributed by atoms with Crippen molar-refractivity contribution in [3.05, 3.63) is 51.2 Å². The lowest BCUT2D eigenvalue weighted by atomic mass is 9.90. The standard InChI is InChI=1S/C14H17NOS.C5H9N.C5H6OS/c1-3-10-11(12(16)6-7-15)4-5-13-14(10)9(2)8-17-13;1-4-6-5(2)3;6-3-5-1-2-7-4-5/h4-5,7,9,15H,3,6,8H2,1-2H3;1,5-6H,2-3H3;1-2,4,6H,3H2. The highest BCUT2D eigenvalue weighted by atomic mass is 32.2. The lowest BCUT2D eigenvalue weighted by Gasteiger charge is -2.14. The zero-order valence-electron chi connectivity index (χ0n) is 18.2. The lowest BCUT2D eigenvalue weighted by Crippen LogP contribution is -2.15. The van der Waals surface area contributed by atoms with E-state index >= 15 is 0 Å². The van der Waals surface area contributed by atoms with Gasteiger partial charge in [0.1, 0.15) is 0 Å². The molecule has 30 heavy (non-hydrogen) atoms. The van der Waals surface area contributed by atoms with Gasteiger partial charge in [-0.05, 0) is 71.8 Å². The first-order chi connectivity index (χ1) is 14.4. The molecule has 162 valence electrons. The molecule has 2 heterocycles. The molecule has 1 aliphatic rings. The van der Waals surface area contributed by atoms with Gasteiger partial charge in [0.15, 0.2) is 5.78 Å². The number of aliphatic hydroxyl groups excluding tert-OH is 1. The van der Waals surface area contributed by atoms with Gasteiger partial charge in [-0.3, -0.25) is 4.79 Å². The van der Waals surface area contributed by atoms with Gasteiger partial charge in [-0.2, -0.15) is 11.3 Å². The molecule has 2 aromatic rings. The minimum atomic E-state index is 0.0729. The first-order valence-corrected chi connectivity index (χ1v) is 12.0. The molecule has 1 aliphatic heterocycles. The minimum absolute atomic E-state index is 0.0729. The molecule has 6 heteroatoms. The Balaban J connectivity index is 0.000000285. The van der Waals surface area contributed by atoms with E-state index in [0.717, 1.165) is 23.3 Å². The highest BCUT2D eigenvalue weighted by Gasteiger charge is 2.25. The minimum Gasteiger partial charge on any atom is -0.392 e. The normalized spacial score (nSPS) is 13.8. The summed E-state index contributed by atoms with van der Waals surface area (Å²) in [4.78, 5) is 13.3. The molecule has 0 amide bonds. The summed E-state index contributed by atoms with van der Waals surface area (Å²) in [6.45, 7) is 8.50. The van der Waals surface area contributed by atoms with Crippen molar-refractivity contribution in [3.63, 3.8) is 0 Å². The van der Waals surface area contributed by atoms with E-state index in [9.17, 15) is 4.79 Å². The quantitative estimate of drug-likeness (QED) is 0.238. The number of thioether (sulfide) groups is 1. The van der Waals surface area contributed by atoms with Crippen LogP contribution in [-0.4, -0.2) is 28.9 Å². The number of carbonyl (C=O) groups is 1. The molecule has 3 rings (SSSR count). The predicted octanol–water partition coefficient (Wildman–Crippen LogP) is 5.50. The Morgan fingerprint density at radius 1 is 1.43 bits per heavy atom. The molecule has 0 radical (unpaired) electrons. The van der Waals surface area contributed by atoms with Gasteiger partial charge in [0.05, 0.1) is 6.61 Å². The largest absolute Gasteiger partial charge is 0.392 e. The Morgan fingerprint density at radius 2 is 2.17 bits per heavy atom. The molecular formula is C24H32N2O2S2. The van der Waals surface area contributed by atoms with Crippen LogP contribution in [0.3, 0.4) is 0 Å². The molecule has 0 spiro atoms. The van der Waals surface area contributed by atoms with Crippen molar-refractivity contribution < 1.29 is 9.90 Å². The molecule has 0 fully saturated rings. The van der Waals surface area contributed by atoms with Gasteiger partial charge >= 0.3 is 0 Å². The number of thiophene rings is 1. The number of fused-ring (bicyclic) bond motifs is 1. The summed E-state index contributed by atoms with van der Waals surface area (Å²) >= 11 is 3.49. The van der Waals surface area contributed by atoms with E-state index < -0.39 is 0 Å². The van der Waals surface area contributed by atoms with Crippen LogP contribution in [0.2, 0.25) is 0 Å². The number of hydrogen-bond donors (Lipinski definition) is 3. The molecule has 0 saturated heterocycles. The van der Waals surface area contributed by atoms with E-state index in [1.807, 2.05) is 48.5 Å². The number of rotatable bonds is 6. The molecule has 4 nitrogen and oxygen atoms in total. The monoisotopic (exact) mass is 444 g/mol. The molecule has 1 aromatic heterocycles. The highest BCUT2D eigenvalue weighted by Crippen LogP contribution is 2.42. The summed E-state index contributed by atoms with van der Waals surface area (Å²) in [5.41, 5.74) is 4.40. The predicted molar refractivity (Wildman–Crippen MR) is 130 cm³/mol. The third-order valence-electron chi connectivity index (χ3n) is 4.37. The van der Waals surface area contributed by atoms with Gasteiger partial charge < -0.3 is 15.8 Å². The van der Waals surface area contributed by atoms with Crippen molar-refractivity contribution in [2.45, 2.75) is 64.0 Å². The zero-order valence-corrected chi connectivity index (χ0v) is 19.8. The molecular weight excluding hydrogens is 412 g/mol. The maximum absolute atomic E-state index is 12.0. The van der Waals surface area contributed by atoms with E-state index in [-0.39, 0.29) is 18.8 Å². The molecule has 1 aromatic carbocycles. The summed E-state index contributed by atoms with van der Waals surface area (Å²) < 4.78 is 0. The van der Waals surface area contributed by atoms with Gasteiger partial charge in [0.25, 0.3) is 0 Å². The van der Waals surface area contributed by atoms with Crippen LogP contribution in [0, 0.1) is 17.9 Å². The van der Waals surface area contributed by atoms with Crippen LogP contribution in [0.1, 0.15) is 67.1 Å². The van der Waals surface area contributed by atoms with Crippen LogP contribution in [-0.2, 0) is 13.0 Å². The average Bonchev–Trinajstić information content (AvgIpc) is 3.38. The number of hydrogen-bond acceptors (Lipinski definition) is 6. The van der Waals surface area contributed by atoms with Crippen LogP contribution in [0.5, 0.6) is 0 Å². The second kappa shape index (κ2) is 14.0. The summed E-state index contributed by atoms with van der Waals surface area (Å²) in [5.74, 6) is 1.73. The fourth-order valence-corrected chi connectivity index (χ4v) is 4.90. The molecule has 0 aliphatic carbocycles. The Kier molecular flexibility index (Phi) is 12.1. The maximum Gasteiger partial charge on any atom is 0.168 e. The second-order valence-corrected chi connectivity index (χ2v) is 8.98. The number of terminal acetylenes is 1. The van der Waals surface area contributed by atoms with Crippen molar-refractivity contribution in [2.75, 3.05) is 5.75 Å². The molecule has 1 unspecified atom stereocenters. The Morgan fingerprint density at radius 3 is 2.60 bits per heavy atom. The first-order valence-electron chi connectivity index (χ1n) is 10.0. The summed E-state index contributed by atoms with van der Waals surface area (Å²) in [6.07, 6.45) is 7.17. The van der Waals surface area contributed by atoms with E-state index in [4.69, 9.17) is 16.9 Å². The Bertz CT molecular complexity index is 840. The number of ketones is 1. The summed E-state index contributed by atoms with van der Waals surface area (Å²) in [5, 5.41) is 22.1. The van der Waals surface area contributed by atoms with Crippen molar-refractivity contribution >= 4 is 35.1 Å². The smallest absolute Gasteiger partial charge is 0.168 e.